The lowest BCUT2D eigenvalue weighted by Gasteiger charge is -2.09. The second kappa shape index (κ2) is 5.68. The molecule has 1 heterocycles. The molecule has 0 saturated carbocycles. The van der Waals surface area contributed by atoms with Crippen LogP contribution in [-0.2, 0) is 6.42 Å². The van der Waals surface area contributed by atoms with Crippen molar-refractivity contribution in [3.05, 3.63) is 69.7 Å². The van der Waals surface area contributed by atoms with Crippen molar-refractivity contribution >= 4 is 34.2 Å². The Hall–Kier alpha value is -1.55. The average Bonchev–Trinajstić information content (AvgIpc) is 2.87. The Labute approximate surface area is 130 Å². The predicted octanol–water partition coefficient (Wildman–Crippen LogP) is 5.15. The van der Waals surface area contributed by atoms with E-state index in [1.807, 2.05) is 0 Å². The van der Waals surface area contributed by atoms with Gasteiger partial charge in [0.15, 0.2) is 11.4 Å². The molecule has 0 fully saturated rings. The molecule has 1 N–H and O–H groups in total. The van der Waals surface area contributed by atoms with Crippen molar-refractivity contribution in [1.29, 1.82) is 0 Å². The van der Waals surface area contributed by atoms with Crippen LogP contribution in [0.1, 0.15) is 17.4 Å². The SMILES string of the molecule is OC(Cc1ccc(Cl)cc1Cl)c1cc2cccc(F)c2o1. The number of aliphatic hydroxyl groups excluding tert-OH is 1. The first-order valence-corrected chi connectivity index (χ1v) is 7.10. The van der Waals surface area contributed by atoms with Crippen LogP contribution in [0.5, 0.6) is 0 Å². The van der Waals surface area contributed by atoms with Gasteiger partial charge in [-0.15, -0.1) is 0 Å². The Kier molecular flexibility index (Phi) is 3.89. The molecular formula is C16H11Cl2FO2. The number of hydrogen-bond donors (Lipinski definition) is 1. The Bertz CT molecular complexity index is 798. The van der Waals surface area contributed by atoms with Crippen LogP contribution in [0.15, 0.2) is 46.9 Å². The van der Waals surface area contributed by atoms with Crippen molar-refractivity contribution in [2.45, 2.75) is 12.5 Å². The monoisotopic (exact) mass is 324 g/mol. The minimum atomic E-state index is -0.907. The largest absolute Gasteiger partial charge is 0.455 e. The maximum Gasteiger partial charge on any atom is 0.170 e. The van der Waals surface area contributed by atoms with Gasteiger partial charge in [0.2, 0.25) is 0 Å². The Morgan fingerprint density at radius 3 is 2.67 bits per heavy atom. The van der Waals surface area contributed by atoms with Crippen molar-refractivity contribution in [2.24, 2.45) is 0 Å². The van der Waals surface area contributed by atoms with Crippen molar-refractivity contribution in [3.63, 3.8) is 0 Å². The molecular weight excluding hydrogens is 314 g/mol. The smallest absolute Gasteiger partial charge is 0.170 e. The fourth-order valence-electron chi connectivity index (χ4n) is 2.21. The van der Waals surface area contributed by atoms with Gasteiger partial charge in [0, 0.05) is 21.9 Å². The topological polar surface area (TPSA) is 33.4 Å². The van der Waals surface area contributed by atoms with E-state index < -0.39 is 11.9 Å². The molecule has 0 aliphatic rings. The van der Waals surface area contributed by atoms with Gasteiger partial charge < -0.3 is 9.52 Å². The molecule has 3 rings (SSSR count). The van der Waals surface area contributed by atoms with Gasteiger partial charge in [-0.1, -0.05) is 41.4 Å². The summed E-state index contributed by atoms with van der Waals surface area (Å²) in [5.41, 5.74) is 0.892. The van der Waals surface area contributed by atoms with Crippen molar-refractivity contribution < 1.29 is 13.9 Å². The number of para-hydroxylation sites is 1. The third-order valence-corrected chi connectivity index (χ3v) is 3.86. The molecule has 2 nitrogen and oxygen atoms in total. The quantitative estimate of drug-likeness (QED) is 0.722. The number of aliphatic hydroxyl groups is 1. The van der Waals surface area contributed by atoms with E-state index in [2.05, 4.69) is 0 Å². The second-order valence-corrected chi connectivity index (χ2v) is 5.61. The zero-order valence-corrected chi connectivity index (χ0v) is 12.3. The van der Waals surface area contributed by atoms with E-state index in [0.29, 0.717) is 21.2 Å². The lowest BCUT2D eigenvalue weighted by molar-refractivity contribution is 0.152. The summed E-state index contributed by atoms with van der Waals surface area (Å²) in [4.78, 5) is 0. The number of rotatable bonds is 3. The van der Waals surface area contributed by atoms with E-state index in [9.17, 15) is 9.50 Å². The summed E-state index contributed by atoms with van der Waals surface area (Å²) < 4.78 is 19.0. The van der Waals surface area contributed by atoms with Gasteiger partial charge in [-0.05, 0) is 29.8 Å². The summed E-state index contributed by atoms with van der Waals surface area (Å²) >= 11 is 11.9. The first kappa shape index (κ1) is 14.4. The summed E-state index contributed by atoms with van der Waals surface area (Å²) in [5, 5.41) is 11.9. The van der Waals surface area contributed by atoms with Crippen LogP contribution in [0, 0.1) is 5.82 Å². The number of benzene rings is 2. The predicted molar refractivity (Wildman–Crippen MR) is 81.3 cm³/mol. The van der Waals surface area contributed by atoms with E-state index in [4.69, 9.17) is 27.6 Å². The first-order valence-electron chi connectivity index (χ1n) is 6.34. The Balaban J connectivity index is 1.90. The van der Waals surface area contributed by atoms with Gasteiger partial charge in [0.05, 0.1) is 0 Å². The van der Waals surface area contributed by atoms with E-state index in [-0.39, 0.29) is 12.0 Å². The highest BCUT2D eigenvalue weighted by molar-refractivity contribution is 6.35. The molecule has 0 spiro atoms. The van der Waals surface area contributed by atoms with Crippen LogP contribution in [0.25, 0.3) is 11.0 Å². The summed E-state index contributed by atoms with van der Waals surface area (Å²) in [6.07, 6.45) is -0.646. The van der Waals surface area contributed by atoms with Gasteiger partial charge in [0.25, 0.3) is 0 Å². The molecule has 0 amide bonds. The Morgan fingerprint density at radius 2 is 1.95 bits per heavy atom. The van der Waals surface area contributed by atoms with E-state index in [1.54, 1.807) is 36.4 Å². The highest BCUT2D eigenvalue weighted by atomic mass is 35.5. The molecule has 0 aliphatic heterocycles. The highest BCUT2D eigenvalue weighted by Gasteiger charge is 2.17. The summed E-state index contributed by atoms with van der Waals surface area (Å²) in [5.74, 6) is -0.142. The third kappa shape index (κ3) is 2.91. The van der Waals surface area contributed by atoms with E-state index in [0.717, 1.165) is 5.56 Å². The summed E-state index contributed by atoms with van der Waals surface area (Å²) in [6, 6.07) is 11.3. The van der Waals surface area contributed by atoms with Crippen LogP contribution < -0.4 is 0 Å². The van der Waals surface area contributed by atoms with Gasteiger partial charge >= 0.3 is 0 Å². The van der Waals surface area contributed by atoms with Crippen LogP contribution >= 0.6 is 23.2 Å². The van der Waals surface area contributed by atoms with Crippen LogP contribution in [0.4, 0.5) is 4.39 Å². The number of halogens is 3. The lowest BCUT2D eigenvalue weighted by atomic mass is 10.1. The molecule has 0 bridgehead atoms. The van der Waals surface area contributed by atoms with Crippen molar-refractivity contribution in [1.82, 2.24) is 0 Å². The molecule has 1 aromatic heterocycles. The molecule has 5 heteroatoms. The van der Waals surface area contributed by atoms with Crippen molar-refractivity contribution in [3.8, 4) is 0 Å². The maximum absolute atomic E-state index is 13.6. The standard InChI is InChI=1S/C16H11Cl2FO2/c17-11-5-4-9(12(18)8-11)6-14(20)15-7-10-2-1-3-13(19)16(10)21-15/h1-5,7-8,14,20H,6H2. The zero-order chi connectivity index (χ0) is 15.0. The van der Waals surface area contributed by atoms with Crippen molar-refractivity contribution in [2.75, 3.05) is 0 Å². The first-order chi connectivity index (χ1) is 10.0. The molecule has 0 radical (unpaired) electrons. The van der Waals surface area contributed by atoms with E-state index >= 15 is 0 Å². The minimum absolute atomic E-state index is 0.147. The fourth-order valence-corrected chi connectivity index (χ4v) is 2.69. The molecule has 3 aromatic rings. The third-order valence-electron chi connectivity index (χ3n) is 3.27. The molecule has 1 unspecified atom stereocenters. The van der Waals surface area contributed by atoms with Crippen LogP contribution in [0.2, 0.25) is 10.0 Å². The molecule has 21 heavy (non-hydrogen) atoms. The van der Waals surface area contributed by atoms with Crippen LogP contribution in [-0.4, -0.2) is 5.11 Å². The Morgan fingerprint density at radius 1 is 1.14 bits per heavy atom. The molecule has 0 aliphatic carbocycles. The molecule has 1 atom stereocenters. The number of fused-ring (bicyclic) bond motifs is 1. The van der Waals surface area contributed by atoms with Gasteiger partial charge in [0.1, 0.15) is 11.9 Å². The maximum atomic E-state index is 13.6. The minimum Gasteiger partial charge on any atom is -0.455 e. The van der Waals surface area contributed by atoms with Crippen LogP contribution in [0.3, 0.4) is 0 Å². The van der Waals surface area contributed by atoms with E-state index in [1.165, 1.54) is 6.07 Å². The van der Waals surface area contributed by atoms with Gasteiger partial charge in [-0.2, -0.15) is 0 Å². The molecule has 0 saturated heterocycles. The fraction of sp³-hybridized carbons (Fsp3) is 0.125. The summed E-state index contributed by atoms with van der Waals surface area (Å²) in [6.45, 7) is 0. The normalized spacial score (nSPS) is 12.8. The lowest BCUT2D eigenvalue weighted by Crippen LogP contribution is -2.00. The van der Waals surface area contributed by atoms with Gasteiger partial charge in [-0.25, -0.2) is 4.39 Å². The second-order valence-electron chi connectivity index (χ2n) is 4.76. The zero-order valence-electron chi connectivity index (χ0n) is 10.8. The number of hydrogen-bond acceptors (Lipinski definition) is 2. The van der Waals surface area contributed by atoms with Gasteiger partial charge in [-0.3, -0.25) is 0 Å². The average molecular weight is 325 g/mol. The highest BCUT2D eigenvalue weighted by Crippen LogP contribution is 2.30. The molecule has 108 valence electrons. The molecule has 2 aromatic carbocycles. The summed E-state index contributed by atoms with van der Waals surface area (Å²) in [7, 11) is 0. The number of furan rings is 1.